The van der Waals surface area contributed by atoms with Crippen LogP contribution in [0.1, 0.15) is 15.9 Å². The van der Waals surface area contributed by atoms with Crippen molar-refractivity contribution in [1.29, 1.82) is 0 Å². The first-order valence-corrected chi connectivity index (χ1v) is 7.48. The highest BCUT2D eigenvalue weighted by molar-refractivity contribution is 7.99. The molecule has 3 N–H and O–H groups in total. The number of nitro benzene ring substituents is 1. The zero-order valence-electron chi connectivity index (χ0n) is 12.1. The van der Waals surface area contributed by atoms with E-state index in [1.807, 2.05) is 25.1 Å². The molecule has 3 rings (SSSR count). The van der Waals surface area contributed by atoms with Crippen LogP contribution in [0, 0.1) is 17.0 Å². The molecule has 1 amide bonds. The maximum absolute atomic E-state index is 11.2. The molecule has 7 nitrogen and oxygen atoms in total. The summed E-state index contributed by atoms with van der Waals surface area (Å²) >= 11 is 1.13. The van der Waals surface area contributed by atoms with Gasteiger partial charge in [0.05, 0.1) is 20.9 Å². The van der Waals surface area contributed by atoms with Gasteiger partial charge in [0.2, 0.25) is 5.91 Å². The number of primary amides is 1. The van der Waals surface area contributed by atoms with Crippen molar-refractivity contribution < 1.29 is 9.72 Å². The van der Waals surface area contributed by atoms with Crippen LogP contribution in [0.5, 0.6) is 0 Å². The summed E-state index contributed by atoms with van der Waals surface area (Å²) in [4.78, 5) is 29.8. The van der Waals surface area contributed by atoms with Gasteiger partial charge >= 0.3 is 0 Å². The van der Waals surface area contributed by atoms with Gasteiger partial charge in [0.25, 0.3) is 5.69 Å². The second kappa shape index (κ2) is 5.73. The Balaban J connectivity index is 2.00. The van der Waals surface area contributed by atoms with Crippen molar-refractivity contribution in [1.82, 2.24) is 9.97 Å². The summed E-state index contributed by atoms with van der Waals surface area (Å²) in [5.41, 5.74) is 7.83. The van der Waals surface area contributed by atoms with Gasteiger partial charge in [0.15, 0.2) is 5.16 Å². The predicted molar refractivity (Wildman–Crippen MR) is 86.6 cm³/mol. The summed E-state index contributed by atoms with van der Waals surface area (Å²) in [6.07, 6.45) is 0. The number of H-pyrrole nitrogens is 1. The minimum Gasteiger partial charge on any atom is -0.366 e. The summed E-state index contributed by atoms with van der Waals surface area (Å²) in [7, 11) is 0. The number of imidazole rings is 1. The molecule has 116 valence electrons. The Morgan fingerprint density at radius 2 is 2.09 bits per heavy atom. The number of benzene rings is 2. The monoisotopic (exact) mass is 328 g/mol. The molecule has 2 aromatic carbocycles. The van der Waals surface area contributed by atoms with Crippen LogP contribution in [0.2, 0.25) is 0 Å². The molecule has 23 heavy (non-hydrogen) atoms. The zero-order chi connectivity index (χ0) is 16.6. The normalized spacial score (nSPS) is 10.8. The number of nitro groups is 1. The molecule has 3 aromatic rings. The summed E-state index contributed by atoms with van der Waals surface area (Å²) < 4.78 is 0. The van der Waals surface area contributed by atoms with Gasteiger partial charge in [-0.3, -0.25) is 14.9 Å². The van der Waals surface area contributed by atoms with Crippen LogP contribution in [-0.4, -0.2) is 20.8 Å². The standard InChI is InChI=1S/C15H12N4O3S/c1-8-2-4-10-11(6-8)18-15(17-10)23-13-5-3-9(14(16)20)7-12(13)19(21)22/h2-7H,1H3,(H2,16,20)(H,17,18). The number of hydrogen-bond donors (Lipinski definition) is 2. The maximum atomic E-state index is 11.2. The first kappa shape index (κ1) is 15.0. The Labute approximate surface area is 135 Å². The fraction of sp³-hybridized carbons (Fsp3) is 0.0667. The predicted octanol–water partition coefficient (Wildman–Crippen LogP) is 3.03. The topological polar surface area (TPSA) is 115 Å². The molecular weight excluding hydrogens is 316 g/mol. The zero-order valence-corrected chi connectivity index (χ0v) is 12.9. The van der Waals surface area contributed by atoms with Crippen LogP contribution in [0.25, 0.3) is 11.0 Å². The van der Waals surface area contributed by atoms with Gasteiger partial charge in [-0.2, -0.15) is 0 Å². The van der Waals surface area contributed by atoms with E-state index in [9.17, 15) is 14.9 Å². The van der Waals surface area contributed by atoms with Crippen LogP contribution in [0.3, 0.4) is 0 Å². The fourth-order valence-corrected chi connectivity index (χ4v) is 3.04. The van der Waals surface area contributed by atoms with Crippen molar-refractivity contribution in [3.63, 3.8) is 0 Å². The summed E-state index contributed by atoms with van der Waals surface area (Å²) in [6.45, 7) is 1.97. The fourth-order valence-electron chi connectivity index (χ4n) is 2.15. The van der Waals surface area contributed by atoms with Crippen molar-refractivity contribution in [2.45, 2.75) is 17.0 Å². The van der Waals surface area contributed by atoms with Crippen LogP contribution in [-0.2, 0) is 0 Å². The van der Waals surface area contributed by atoms with Crippen LogP contribution in [0.15, 0.2) is 46.5 Å². The average Bonchev–Trinajstić information content (AvgIpc) is 2.88. The Bertz CT molecular complexity index is 936. The van der Waals surface area contributed by atoms with Crippen LogP contribution >= 0.6 is 11.8 Å². The third-order valence-corrected chi connectivity index (χ3v) is 4.21. The second-order valence-corrected chi connectivity index (χ2v) is 6.00. The molecule has 0 aliphatic rings. The number of hydrogen-bond acceptors (Lipinski definition) is 5. The highest BCUT2D eigenvalue weighted by atomic mass is 32.2. The molecule has 0 fully saturated rings. The number of nitrogens with two attached hydrogens (primary N) is 1. The number of amides is 1. The molecule has 0 saturated heterocycles. The van der Waals surface area contributed by atoms with E-state index in [0.717, 1.165) is 28.4 Å². The molecule has 0 aliphatic carbocycles. The highest BCUT2D eigenvalue weighted by Crippen LogP contribution is 2.34. The first-order chi connectivity index (χ1) is 10.9. The van der Waals surface area contributed by atoms with Crippen molar-refractivity contribution in [3.8, 4) is 0 Å². The molecule has 0 aliphatic heterocycles. The number of aryl methyl sites for hydroxylation is 1. The van der Waals surface area contributed by atoms with Gasteiger partial charge in [-0.1, -0.05) is 6.07 Å². The number of fused-ring (bicyclic) bond motifs is 1. The second-order valence-electron chi connectivity index (χ2n) is 4.97. The Morgan fingerprint density at radius 3 is 2.78 bits per heavy atom. The Hall–Kier alpha value is -2.87. The number of aromatic amines is 1. The number of aromatic nitrogens is 2. The molecule has 0 saturated carbocycles. The van der Waals surface area contributed by atoms with Crippen molar-refractivity contribution >= 4 is 34.4 Å². The van der Waals surface area contributed by atoms with E-state index < -0.39 is 10.8 Å². The molecule has 1 aromatic heterocycles. The largest absolute Gasteiger partial charge is 0.366 e. The van der Waals surface area contributed by atoms with Gasteiger partial charge in [-0.25, -0.2) is 4.98 Å². The minimum atomic E-state index is -0.705. The van der Waals surface area contributed by atoms with E-state index >= 15 is 0 Å². The Morgan fingerprint density at radius 1 is 1.30 bits per heavy atom. The smallest absolute Gasteiger partial charge is 0.284 e. The van der Waals surface area contributed by atoms with E-state index in [4.69, 9.17) is 5.73 Å². The van der Waals surface area contributed by atoms with Gasteiger partial charge in [0, 0.05) is 11.6 Å². The number of rotatable bonds is 4. The molecule has 0 unspecified atom stereocenters. The van der Waals surface area contributed by atoms with E-state index in [1.165, 1.54) is 18.2 Å². The lowest BCUT2D eigenvalue weighted by Crippen LogP contribution is -2.11. The molecule has 0 atom stereocenters. The van der Waals surface area contributed by atoms with Gasteiger partial charge in [-0.05, 0) is 48.5 Å². The van der Waals surface area contributed by atoms with Crippen molar-refractivity contribution in [3.05, 3.63) is 57.6 Å². The summed E-state index contributed by atoms with van der Waals surface area (Å²) in [6, 6.07) is 9.93. The van der Waals surface area contributed by atoms with Crippen LogP contribution < -0.4 is 5.73 Å². The maximum Gasteiger partial charge on any atom is 0.284 e. The number of carbonyl (C=O) groups is 1. The summed E-state index contributed by atoms with van der Waals surface area (Å²) in [5.74, 6) is -0.705. The van der Waals surface area contributed by atoms with E-state index in [1.54, 1.807) is 0 Å². The highest BCUT2D eigenvalue weighted by Gasteiger charge is 2.18. The molecular formula is C15H12N4O3S. The molecule has 8 heteroatoms. The van der Waals surface area contributed by atoms with Gasteiger partial charge in [-0.15, -0.1) is 0 Å². The van der Waals surface area contributed by atoms with Gasteiger partial charge in [0.1, 0.15) is 0 Å². The quantitative estimate of drug-likeness (QED) is 0.564. The van der Waals surface area contributed by atoms with Crippen molar-refractivity contribution in [2.24, 2.45) is 5.73 Å². The summed E-state index contributed by atoms with van der Waals surface area (Å²) in [5, 5.41) is 11.8. The number of nitrogens with zero attached hydrogens (tertiary/aromatic N) is 2. The van der Waals surface area contributed by atoms with E-state index in [-0.39, 0.29) is 11.3 Å². The molecule has 1 heterocycles. The molecule has 0 spiro atoms. The lowest BCUT2D eigenvalue weighted by Gasteiger charge is -2.02. The van der Waals surface area contributed by atoms with E-state index in [2.05, 4.69) is 9.97 Å². The molecule has 0 bridgehead atoms. The third kappa shape index (κ3) is 3.02. The minimum absolute atomic E-state index is 0.0984. The van der Waals surface area contributed by atoms with E-state index in [0.29, 0.717) is 10.1 Å². The SMILES string of the molecule is Cc1ccc2nc(Sc3ccc(C(N)=O)cc3[N+](=O)[O-])[nH]c2c1. The lowest BCUT2D eigenvalue weighted by atomic mass is 10.2. The average molecular weight is 328 g/mol. The third-order valence-electron chi connectivity index (χ3n) is 3.26. The van der Waals surface area contributed by atoms with Crippen molar-refractivity contribution in [2.75, 3.05) is 0 Å². The Kier molecular flexibility index (Phi) is 3.75. The lowest BCUT2D eigenvalue weighted by molar-refractivity contribution is -0.387. The number of nitrogens with one attached hydrogen (secondary N) is 1. The van der Waals surface area contributed by atoms with Crippen LogP contribution in [0.4, 0.5) is 5.69 Å². The van der Waals surface area contributed by atoms with Gasteiger partial charge < -0.3 is 10.7 Å². The molecule has 0 radical (unpaired) electrons. The number of carbonyl (C=O) groups excluding carboxylic acids is 1. The first-order valence-electron chi connectivity index (χ1n) is 6.66.